The molecule has 3 rings (SSSR count). The molecular weight excluding hydrogens is 524 g/mol. The highest BCUT2D eigenvalue weighted by Crippen LogP contribution is 2.38. The van der Waals surface area contributed by atoms with E-state index < -0.39 is 17.9 Å². The lowest BCUT2D eigenvalue weighted by atomic mass is 9.74. The molecule has 2 aromatic carbocycles. The molecule has 0 bridgehead atoms. The molecule has 0 radical (unpaired) electrons. The van der Waals surface area contributed by atoms with Gasteiger partial charge in [-0.1, -0.05) is 30.3 Å². The van der Waals surface area contributed by atoms with Gasteiger partial charge in [0.15, 0.2) is 12.1 Å². The first kappa shape index (κ1) is 32.5. The van der Waals surface area contributed by atoms with Crippen LogP contribution in [0.1, 0.15) is 87.8 Å². The normalized spacial score (nSPS) is 19.8. The molecule has 9 heteroatoms. The van der Waals surface area contributed by atoms with Crippen molar-refractivity contribution in [3.05, 3.63) is 59.2 Å². The van der Waals surface area contributed by atoms with Gasteiger partial charge in [0.05, 0.1) is 19.3 Å². The summed E-state index contributed by atoms with van der Waals surface area (Å²) in [4.78, 5) is 26.6. The summed E-state index contributed by atoms with van der Waals surface area (Å²) < 4.78 is 17.3. The predicted molar refractivity (Wildman–Crippen MR) is 157 cm³/mol. The van der Waals surface area contributed by atoms with Crippen molar-refractivity contribution in [1.29, 1.82) is 0 Å². The SMILES string of the molecule is CCOc1cc([C@@H](C)N(CCCCc2ccccc2)C(O)NC2(C(=O)O)CC(OCC)C2)cc(OCC)c1C(C)=O. The van der Waals surface area contributed by atoms with Gasteiger partial charge in [0.1, 0.15) is 22.6 Å². The van der Waals surface area contributed by atoms with Gasteiger partial charge in [-0.05, 0) is 77.1 Å². The number of carboxylic acids is 1. The third kappa shape index (κ3) is 8.29. The number of carbonyl (C=O) groups excluding carboxylic acids is 1. The fourth-order valence-electron chi connectivity index (χ4n) is 5.48. The van der Waals surface area contributed by atoms with E-state index in [0.29, 0.717) is 43.4 Å². The van der Waals surface area contributed by atoms with Crippen LogP contribution in [0.4, 0.5) is 0 Å². The summed E-state index contributed by atoms with van der Waals surface area (Å²) in [7, 11) is 0. The number of hydrogen-bond acceptors (Lipinski definition) is 8. The molecule has 2 atom stereocenters. The molecule has 1 aliphatic carbocycles. The van der Waals surface area contributed by atoms with Crippen LogP contribution in [0.3, 0.4) is 0 Å². The van der Waals surface area contributed by atoms with E-state index in [1.54, 1.807) is 0 Å². The number of Topliss-reactive ketones (excluding diaryl/α,β-unsaturated/α-hetero) is 1. The summed E-state index contributed by atoms with van der Waals surface area (Å²) in [5.41, 5.74) is 1.15. The number of aliphatic hydroxyl groups is 1. The van der Waals surface area contributed by atoms with Crippen molar-refractivity contribution < 1.29 is 34.0 Å². The highest BCUT2D eigenvalue weighted by atomic mass is 16.5. The summed E-state index contributed by atoms with van der Waals surface area (Å²) >= 11 is 0. The molecule has 0 spiro atoms. The van der Waals surface area contributed by atoms with Gasteiger partial charge in [-0.2, -0.15) is 0 Å². The average Bonchev–Trinajstić information content (AvgIpc) is 2.91. The molecule has 3 N–H and O–H groups in total. The quantitative estimate of drug-likeness (QED) is 0.130. The number of aliphatic carboxylic acids is 1. The van der Waals surface area contributed by atoms with Gasteiger partial charge in [0, 0.05) is 32.0 Å². The van der Waals surface area contributed by atoms with E-state index in [-0.39, 0.29) is 30.8 Å². The zero-order chi connectivity index (χ0) is 30.0. The zero-order valence-electron chi connectivity index (χ0n) is 25.0. The molecule has 0 amide bonds. The highest BCUT2D eigenvalue weighted by Gasteiger charge is 2.52. The molecule has 0 saturated heterocycles. The summed E-state index contributed by atoms with van der Waals surface area (Å²) in [6.07, 6.45) is 1.74. The molecule has 1 saturated carbocycles. The van der Waals surface area contributed by atoms with Gasteiger partial charge in [0.25, 0.3) is 0 Å². The Morgan fingerprint density at radius 3 is 2.15 bits per heavy atom. The first-order valence-electron chi connectivity index (χ1n) is 14.7. The number of rotatable bonds is 18. The minimum Gasteiger partial charge on any atom is -0.493 e. The maximum atomic E-state index is 12.5. The number of unbranched alkanes of at least 4 members (excludes halogenated alkanes) is 1. The van der Waals surface area contributed by atoms with Gasteiger partial charge < -0.3 is 24.4 Å². The Morgan fingerprint density at radius 1 is 1.02 bits per heavy atom. The van der Waals surface area contributed by atoms with Crippen LogP contribution in [0.5, 0.6) is 11.5 Å². The summed E-state index contributed by atoms with van der Waals surface area (Å²) in [6.45, 7) is 10.8. The van der Waals surface area contributed by atoms with E-state index in [0.717, 1.165) is 24.8 Å². The van der Waals surface area contributed by atoms with Crippen LogP contribution in [0.15, 0.2) is 42.5 Å². The van der Waals surface area contributed by atoms with Crippen molar-refractivity contribution in [3.63, 3.8) is 0 Å². The number of nitrogens with one attached hydrogen (secondary N) is 1. The van der Waals surface area contributed by atoms with Crippen molar-refractivity contribution in [2.24, 2.45) is 0 Å². The maximum absolute atomic E-state index is 12.5. The number of carboxylic acid groups (broad SMARTS) is 1. The molecule has 2 aromatic rings. The largest absolute Gasteiger partial charge is 0.493 e. The molecule has 1 unspecified atom stereocenters. The Labute approximate surface area is 243 Å². The van der Waals surface area contributed by atoms with E-state index in [1.807, 2.05) is 62.9 Å². The van der Waals surface area contributed by atoms with E-state index in [1.165, 1.54) is 12.5 Å². The van der Waals surface area contributed by atoms with Crippen LogP contribution in [0, 0.1) is 0 Å². The fourth-order valence-corrected chi connectivity index (χ4v) is 5.48. The Balaban J connectivity index is 1.89. The van der Waals surface area contributed by atoms with Crippen molar-refractivity contribution >= 4 is 11.8 Å². The van der Waals surface area contributed by atoms with Crippen LogP contribution >= 0.6 is 0 Å². The monoisotopic (exact) mass is 570 g/mol. The van der Waals surface area contributed by atoms with Gasteiger partial charge in [0.2, 0.25) is 0 Å². The maximum Gasteiger partial charge on any atom is 0.324 e. The molecule has 1 aliphatic rings. The second-order valence-corrected chi connectivity index (χ2v) is 10.6. The number of aliphatic hydroxyl groups excluding tert-OH is 1. The topological polar surface area (TPSA) is 118 Å². The smallest absolute Gasteiger partial charge is 0.324 e. The molecule has 0 aliphatic heterocycles. The number of nitrogens with zero attached hydrogens (tertiary/aromatic N) is 1. The van der Waals surface area contributed by atoms with Crippen molar-refractivity contribution in [3.8, 4) is 11.5 Å². The number of hydrogen-bond donors (Lipinski definition) is 3. The van der Waals surface area contributed by atoms with E-state index in [2.05, 4.69) is 17.4 Å². The fraction of sp³-hybridized carbons (Fsp3) is 0.562. The Morgan fingerprint density at radius 2 is 1.63 bits per heavy atom. The number of ketones is 1. The molecular formula is C32H46N2O7. The summed E-state index contributed by atoms with van der Waals surface area (Å²) in [5.74, 6) is -0.306. The van der Waals surface area contributed by atoms with Crippen molar-refractivity contribution in [2.45, 2.75) is 90.8 Å². The number of aryl methyl sites for hydroxylation is 1. The Kier molecular flexibility index (Phi) is 12.1. The number of carbonyl (C=O) groups is 2. The molecule has 0 heterocycles. The standard InChI is InChI=1S/C32H46N2O7/c1-6-39-26-20-32(21-26,30(36)37)33-31(38)34(17-13-12-16-24-14-10-9-11-15-24)22(4)25-18-27(40-7-2)29(23(5)35)28(19-25)41-8-3/h9-11,14-15,18-19,22,26,31,33,38H,6-8,12-13,16-17,20-21H2,1-5H3,(H,36,37)/t22-,26?,31?,32?/m1/s1. The van der Waals surface area contributed by atoms with Crippen LogP contribution < -0.4 is 14.8 Å². The minimum absolute atomic E-state index is 0.158. The van der Waals surface area contributed by atoms with E-state index >= 15 is 0 Å². The third-order valence-electron chi connectivity index (χ3n) is 7.68. The van der Waals surface area contributed by atoms with E-state index in [9.17, 15) is 19.8 Å². The van der Waals surface area contributed by atoms with E-state index in [4.69, 9.17) is 14.2 Å². The Hall–Kier alpha value is -2.98. The molecule has 0 aromatic heterocycles. The highest BCUT2D eigenvalue weighted by molar-refractivity contribution is 5.99. The van der Waals surface area contributed by atoms with Crippen molar-refractivity contribution in [1.82, 2.24) is 10.2 Å². The zero-order valence-corrected chi connectivity index (χ0v) is 25.0. The molecule has 1 fully saturated rings. The lowest BCUT2D eigenvalue weighted by Gasteiger charge is -2.47. The minimum atomic E-state index is -1.27. The van der Waals surface area contributed by atoms with Crippen molar-refractivity contribution in [2.75, 3.05) is 26.4 Å². The second kappa shape index (κ2) is 15.3. The second-order valence-electron chi connectivity index (χ2n) is 10.6. The van der Waals surface area contributed by atoms with Gasteiger partial charge in [-0.15, -0.1) is 0 Å². The number of benzene rings is 2. The molecule has 9 nitrogen and oxygen atoms in total. The van der Waals surface area contributed by atoms with Crippen LogP contribution in [0.25, 0.3) is 0 Å². The first-order valence-corrected chi connectivity index (χ1v) is 14.7. The third-order valence-corrected chi connectivity index (χ3v) is 7.68. The lowest BCUT2D eigenvalue weighted by molar-refractivity contribution is -0.168. The van der Waals surface area contributed by atoms with Gasteiger partial charge in [-0.3, -0.25) is 19.8 Å². The van der Waals surface area contributed by atoms with Crippen LogP contribution in [-0.4, -0.2) is 71.2 Å². The molecule has 41 heavy (non-hydrogen) atoms. The van der Waals surface area contributed by atoms with Gasteiger partial charge in [-0.25, -0.2) is 0 Å². The van der Waals surface area contributed by atoms with Crippen LogP contribution in [0.2, 0.25) is 0 Å². The van der Waals surface area contributed by atoms with Gasteiger partial charge >= 0.3 is 5.97 Å². The number of ether oxygens (including phenoxy) is 3. The first-order chi connectivity index (χ1) is 19.7. The molecule has 226 valence electrons. The Bertz CT molecular complexity index is 1110. The lowest BCUT2D eigenvalue weighted by Crippen LogP contribution is -2.68. The van der Waals surface area contributed by atoms with Crippen LogP contribution in [-0.2, 0) is 16.0 Å². The predicted octanol–water partition coefficient (Wildman–Crippen LogP) is 4.96. The average molecular weight is 571 g/mol. The summed E-state index contributed by atoms with van der Waals surface area (Å²) in [6, 6.07) is 13.5. The summed E-state index contributed by atoms with van der Waals surface area (Å²) in [5, 5.41) is 24.6.